The van der Waals surface area contributed by atoms with Gasteiger partial charge in [0.1, 0.15) is 17.6 Å². The van der Waals surface area contributed by atoms with Crippen LogP contribution in [0.5, 0.6) is 0 Å². The van der Waals surface area contributed by atoms with Crippen LogP contribution in [0.3, 0.4) is 0 Å². The number of amides is 1. The predicted molar refractivity (Wildman–Crippen MR) is 151 cm³/mol. The number of benzene rings is 2. The Morgan fingerprint density at radius 3 is 2.50 bits per heavy atom. The quantitative estimate of drug-likeness (QED) is 0.228. The van der Waals surface area contributed by atoms with Crippen LogP contribution in [0.1, 0.15) is 31.4 Å². The maximum Gasteiger partial charge on any atom is 0.242 e. The summed E-state index contributed by atoms with van der Waals surface area (Å²) in [4.78, 5) is 28.6. The van der Waals surface area contributed by atoms with Gasteiger partial charge in [-0.05, 0) is 47.7 Å². The van der Waals surface area contributed by atoms with Crippen molar-refractivity contribution < 1.29 is 9.21 Å². The summed E-state index contributed by atoms with van der Waals surface area (Å²) in [5, 5.41) is 7.67. The first-order valence-electron chi connectivity index (χ1n) is 12.3. The number of carbonyl (C=O) groups excluding carboxylic acids is 1. The van der Waals surface area contributed by atoms with Gasteiger partial charge in [-0.3, -0.25) is 4.79 Å². The molecular formula is C28H30Cl2N6O2. The first kappa shape index (κ1) is 27.4. The minimum absolute atomic E-state index is 0.123. The molecule has 0 saturated heterocycles. The number of anilines is 2. The lowest BCUT2D eigenvalue weighted by Crippen LogP contribution is -2.40. The number of aromatic nitrogens is 3. The molecule has 198 valence electrons. The van der Waals surface area contributed by atoms with E-state index in [4.69, 9.17) is 32.6 Å². The van der Waals surface area contributed by atoms with Crippen LogP contribution < -0.4 is 15.5 Å². The Hall–Kier alpha value is -3.62. The molecule has 4 rings (SSSR count). The highest BCUT2D eigenvalue weighted by molar-refractivity contribution is 6.30. The second kappa shape index (κ2) is 12.8. The van der Waals surface area contributed by atoms with Gasteiger partial charge < -0.3 is 20.0 Å². The second-order valence-electron chi connectivity index (χ2n) is 9.46. The van der Waals surface area contributed by atoms with Crippen LogP contribution in [0, 0.1) is 5.92 Å². The third-order valence-corrected chi connectivity index (χ3v) is 6.26. The summed E-state index contributed by atoms with van der Waals surface area (Å²) in [6.07, 6.45) is 3.56. The number of nitrogens with one attached hydrogen (secondary N) is 2. The molecule has 4 aromatic rings. The van der Waals surface area contributed by atoms with E-state index >= 15 is 0 Å². The van der Waals surface area contributed by atoms with Crippen molar-refractivity contribution in [3.05, 3.63) is 88.4 Å². The largest absolute Gasteiger partial charge is 0.442 e. The zero-order chi connectivity index (χ0) is 27.1. The van der Waals surface area contributed by atoms with Gasteiger partial charge in [0.05, 0.1) is 6.20 Å². The first-order chi connectivity index (χ1) is 18.3. The minimum Gasteiger partial charge on any atom is -0.442 e. The summed E-state index contributed by atoms with van der Waals surface area (Å²) < 4.78 is 5.50. The number of hydrogen-bond acceptors (Lipinski definition) is 7. The van der Waals surface area contributed by atoms with Gasteiger partial charge in [-0.2, -0.15) is 4.98 Å². The van der Waals surface area contributed by atoms with Crippen molar-refractivity contribution in [2.75, 3.05) is 17.3 Å². The molecular weight excluding hydrogens is 523 g/mol. The van der Waals surface area contributed by atoms with Crippen molar-refractivity contribution in [3.63, 3.8) is 0 Å². The van der Waals surface area contributed by atoms with Gasteiger partial charge in [0.2, 0.25) is 11.9 Å². The van der Waals surface area contributed by atoms with Gasteiger partial charge in [-0.1, -0.05) is 61.3 Å². The highest BCUT2D eigenvalue weighted by Crippen LogP contribution is 2.25. The van der Waals surface area contributed by atoms with Crippen LogP contribution in [0.4, 0.5) is 11.8 Å². The van der Waals surface area contributed by atoms with Crippen LogP contribution in [0.15, 0.2) is 71.6 Å². The van der Waals surface area contributed by atoms with Gasteiger partial charge in [0.15, 0.2) is 12.2 Å². The molecule has 1 amide bonds. The van der Waals surface area contributed by atoms with Crippen LogP contribution in [0.25, 0.3) is 11.5 Å². The van der Waals surface area contributed by atoms with Gasteiger partial charge in [-0.25, -0.2) is 9.97 Å². The third-order valence-electron chi connectivity index (χ3n) is 5.78. The molecule has 2 N–H and O–H groups in total. The number of hydrogen-bond donors (Lipinski definition) is 2. The van der Waals surface area contributed by atoms with E-state index in [0.717, 1.165) is 11.1 Å². The van der Waals surface area contributed by atoms with Gasteiger partial charge in [0.25, 0.3) is 0 Å². The Morgan fingerprint density at radius 1 is 1.03 bits per heavy atom. The van der Waals surface area contributed by atoms with E-state index < -0.39 is 6.04 Å². The lowest BCUT2D eigenvalue weighted by atomic mass is 10.0. The molecule has 1 atom stereocenters. The van der Waals surface area contributed by atoms with Crippen molar-refractivity contribution in [2.45, 2.75) is 39.4 Å². The zero-order valence-electron chi connectivity index (χ0n) is 21.5. The second-order valence-corrected chi connectivity index (χ2v) is 10.3. The van der Waals surface area contributed by atoms with Crippen molar-refractivity contribution in [3.8, 4) is 11.5 Å². The summed E-state index contributed by atoms with van der Waals surface area (Å²) in [6.45, 7) is 5.08. The fraction of sp³-hybridized carbons (Fsp3) is 0.286. The summed E-state index contributed by atoms with van der Waals surface area (Å²) in [7, 11) is 1.90. The molecule has 2 aromatic heterocycles. The van der Waals surface area contributed by atoms with E-state index in [9.17, 15) is 4.79 Å². The zero-order valence-corrected chi connectivity index (χ0v) is 23.0. The third kappa shape index (κ3) is 7.69. The normalized spacial score (nSPS) is 11.8. The van der Waals surface area contributed by atoms with E-state index in [-0.39, 0.29) is 11.8 Å². The van der Waals surface area contributed by atoms with E-state index in [0.29, 0.717) is 52.8 Å². The van der Waals surface area contributed by atoms with Gasteiger partial charge in [0, 0.05) is 36.2 Å². The monoisotopic (exact) mass is 552 g/mol. The smallest absolute Gasteiger partial charge is 0.242 e. The Kier molecular flexibility index (Phi) is 9.20. The number of nitrogens with zero attached hydrogens (tertiary/aromatic N) is 4. The fourth-order valence-electron chi connectivity index (χ4n) is 3.92. The van der Waals surface area contributed by atoms with Gasteiger partial charge in [-0.15, -0.1) is 0 Å². The maximum absolute atomic E-state index is 13.2. The van der Waals surface area contributed by atoms with Crippen molar-refractivity contribution in [1.82, 2.24) is 20.3 Å². The summed E-state index contributed by atoms with van der Waals surface area (Å²) in [5.41, 5.74) is 2.53. The Balaban J connectivity index is 1.57. The van der Waals surface area contributed by atoms with E-state index in [2.05, 4.69) is 34.4 Å². The predicted octanol–water partition coefficient (Wildman–Crippen LogP) is 6.22. The lowest BCUT2D eigenvalue weighted by molar-refractivity contribution is -0.122. The van der Waals surface area contributed by atoms with E-state index in [1.807, 2.05) is 48.3 Å². The number of carbonyl (C=O) groups is 1. The van der Waals surface area contributed by atoms with Crippen LogP contribution in [-0.4, -0.2) is 33.9 Å². The molecule has 0 aliphatic rings. The highest BCUT2D eigenvalue weighted by atomic mass is 35.5. The lowest BCUT2D eigenvalue weighted by Gasteiger charge is -2.23. The molecule has 0 bridgehead atoms. The topological polar surface area (TPSA) is 96.2 Å². The molecule has 8 nitrogen and oxygen atoms in total. The van der Waals surface area contributed by atoms with Crippen LogP contribution in [0.2, 0.25) is 10.0 Å². The Labute approximate surface area is 232 Å². The maximum atomic E-state index is 13.2. The first-order valence-corrected chi connectivity index (χ1v) is 13.0. The number of rotatable bonds is 11. The summed E-state index contributed by atoms with van der Waals surface area (Å²) in [5.74, 6) is 1.62. The molecule has 0 radical (unpaired) electrons. The molecule has 0 aliphatic heterocycles. The fourth-order valence-corrected chi connectivity index (χ4v) is 4.26. The summed E-state index contributed by atoms with van der Waals surface area (Å²) in [6, 6.07) is 16.3. The molecule has 1 unspecified atom stereocenters. The molecule has 0 aliphatic carbocycles. The average molecular weight is 553 g/mol. The van der Waals surface area contributed by atoms with Crippen LogP contribution in [-0.2, 0) is 17.9 Å². The van der Waals surface area contributed by atoms with E-state index in [1.165, 1.54) is 6.39 Å². The molecule has 0 saturated carbocycles. The standard InChI is InChI=1S/C28H30Cl2N6O2/c1-18(2)11-24(27(37)32-14-19-7-9-21(29)10-8-19)33-26-13-23(25-15-31-17-38-25)34-28(35-26)36(3)16-20-5-4-6-22(30)12-20/h4-10,12-13,15,17-18,24H,11,14,16H2,1-3H3,(H,32,37)(H,33,34,35). The summed E-state index contributed by atoms with van der Waals surface area (Å²) >= 11 is 12.1. The molecule has 2 aromatic carbocycles. The SMILES string of the molecule is CC(C)CC(Nc1cc(-c2cnco2)nc(N(C)Cc2cccc(Cl)c2)n1)C(=O)NCc1ccc(Cl)cc1. The minimum atomic E-state index is -0.508. The van der Waals surface area contributed by atoms with Crippen molar-refractivity contribution in [1.29, 1.82) is 0 Å². The number of halogens is 2. The highest BCUT2D eigenvalue weighted by Gasteiger charge is 2.22. The van der Waals surface area contributed by atoms with E-state index in [1.54, 1.807) is 24.4 Å². The van der Waals surface area contributed by atoms with Gasteiger partial charge >= 0.3 is 0 Å². The Bertz CT molecular complexity index is 1350. The molecule has 38 heavy (non-hydrogen) atoms. The molecule has 2 heterocycles. The number of oxazole rings is 1. The molecule has 10 heteroatoms. The molecule has 0 spiro atoms. The van der Waals surface area contributed by atoms with Crippen molar-refractivity contribution in [2.24, 2.45) is 5.92 Å². The van der Waals surface area contributed by atoms with Crippen molar-refractivity contribution >= 4 is 40.9 Å². The Morgan fingerprint density at radius 2 is 1.82 bits per heavy atom. The van der Waals surface area contributed by atoms with Crippen LogP contribution >= 0.6 is 23.2 Å². The molecule has 0 fully saturated rings. The average Bonchev–Trinajstić information content (AvgIpc) is 3.43.